The molecule has 0 saturated heterocycles. The molecule has 0 aromatic heterocycles. The normalized spacial score (nSPS) is 12.2. The van der Waals surface area contributed by atoms with Gasteiger partial charge in [0.05, 0.1) is 14.7 Å². The zero-order valence-corrected chi connectivity index (χ0v) is 18.5. The van der Waals surface area contributed by atoms with Gasteiger partial charge in [0.2, 0.25) is 9.84 Å². The van der Waals surface area contributed by atoms with Crippen LogP contribution in [-0.4, -0.2) is 36.7 Å². The fraction of sp³-hybridized carbons (Fsp3) is 0.0435. The number of hydrogen-bond acceptors (Lipinski definition) is 7. The second kappa shape index (κ2) is 8.07. The molecule has 4 aromatic carbocycles. The summed E-state index contributed by atoms with van der Waals surface area (Å²) in [6, 6.07) is 15.5. The molecule has 0 unspecified atom stereocenters. The molecule has 0 atom stereocenters. The van der Waals surface area contributed by atoms with Crippen LogP contribution in [0.4, 0.5) is 0 Å². The van der Waals surface area contributed by atoms with E-state index in [2.05, 4.69) is 0 Å². The van der Waals surface area contributed by atoms with Gasteiger partial charge in [-0.25, -0.2) is 8.42 Å². The van der Waals surface area contributed by atoms with Crippen LogP contribution in [0.5, 0.6) is 17.2 Å². The zero-order valence-electron chi connectivity index (χ0n) is 16.9. The standard InChI is InChI=1S/C23H18O8S2/c24-18-3-5-20(6-4-18)32(27,28)21-7-8-22(26)16(12-21)10-17-9-15-11-19(25)2-1-14(15)13-23(17)33(29,30)31/h1-9,11-13,24-26H,10H2,(H,29,30,31). The number of benzene rings is 4. The molecule has 4 rings (SSSR count). The quantitative estimate of drug-likeness (QED) is 0.313. The maximum Gasteiger partial charge on any atom is 0.294 e. The summed E-state index contributed by atoms with van der Waals surface area (Å²) in [4.78, 5) is -0.614. The minimum absolute atomic E-state index is 0.0436. The molecule has 0 bridgehead atoms. The first kappa shape index (κ1) is 22.6. The molecule has 0 saturated carbocycles. The molecule has 0 spiro atoms. The third-order valence-corrected chi connectivity index (χ3v) is 7.87. The molecular formula is C23H18O8S2. The predicted molar refractivity (Wildman–Crippen MR) is 120 cm³/mol. The summed E-state index contributed by atoms with van der Waals surface area (Å²) in [5.74, 6) is -0.407. The van der Waals surface area contributed by atoms with Gasteiger partial charge in [-0.3, -0.25) is 4.55 Å². The monoisotopic (exact) mass is 486 g/mol. The van der Waals surface area contributed by atoms with Crippen LogP contribution in [0.2, 0.25) is 0 Å². The smallest absolute Gasteiger partial charge is 0.294 e. The van der Waals surface area contributed by atoms with Gasteiger partial charge in [-0.05, 0) is 88.6 Å². The Bertz CT molecular complexity index is 1590. The number of hydrogen-bond donors (Lipinski definition) is 4. The molecular weight excluding hydrogens is 468 g/mol. The fourth-order valence-corrected chi connectivity index (χ4v) is 5.58. The second-order valence-electron chi connectivity index (χ2n) is 7.43. The van der Waals surface area contributed by atoms with Gasteiger partial charge in [0, 0.05) is 6.42 Å². The van der Waals surface area contributed by atoms with E-state index in [1.54, 1.807) is 0 Å². The van der Waals surface area contributed by atoms with Crippen molar-refractivity contribution >= 4 is 30.7 Å². The Hall–Kier alpha value is -3.60. The van der Waals surface area contributed by atoms with E-state index in [0.29, 0.717) is 10.8 Å². The number of phenols is 3. The maximum atomic E-state index is 13.0. The van der Waals surface area contributed by atoms with Gasteiger partial charge < -0.3 is 15.3 Å². The van der Waals surface area contributed by atoms with Gasteiger partial charge in [-0.1, -0.05) is 6.07 Å². The SMILES string of the molecule is O=S(=O)(O)c1cc2ccc(O)cc2cc1Cc1cc(S(=O)(=O)c2ccc(O)cc2)ccc1O. The van der Waals surface area contributed by atoms with Gasteiger partial charge in [0.25, 0.3) is 10.1 Å². The minimum atomic E-state index is -4.64. The van der Waals surface area contributed by atoms with Gasteiger partial charge >= 0.3 is 0 Å². The number of phenolic OH excluding ortho intramolecular Hbond substituents is 3. The lowest BCUT2D eigenvalue weighted by Crippen LogP contribution is -2.06. The molecule has 0 aliphatic carbocycles. The van der Waals surface area contributed by atoms with Crippen LogP contribution in [-0.2, 0) is 26.4 Å². The summed E-state index contributed by atoms with van der Waals surface area (Å²) in [5.41, 5.74) is 0.212. The van der Waals surface area contributed by atoms with Gasteiger partial charge in [0.15, 0.2) is 0 Å². The maximum absolute atomic E-state index is 13.0. The van der Waals surface area contributed by atoms with Crippen molar-refractivity contribution in [3.05, 3.63) is 83.9 Å². The number of sulfone groups is 1. The Morgan fingerprint density at radius 2 is 1.24 bits per heavy atom. The third-order valence-electron chi connectivity index (χ3n) is 5.17. The van der Waals surface area contributed by atoms with E-state index in [4.69, 9.17) is 0 Å². The van der Waals surface area contributed by atoms with E-state index in [-0.39, 0.29) is 44.6 Å². The largest absolute Gasteiger partial charge is 0.508 e. The lowest BCUT2D eigenvalue weighted by atomic mass is 10.0. The highest BCUT2D eigenvalue weighted by Crippen LogP contribution is 2.32. The Labute approximate surface area is 189 Å². The van der Waals surface area contributed by atoms with Crippen molar-refractivity contribution in [1.82, 2.24) is 0 Å². The average Bonchev–Trinajstić information content (AvgIpc) is 2.74. The van der Waals surface area contributed by atoms with Crippen molar-refractivity contribution in [1.29, 1.82) is 0 Å². The molecule has 0 radical (unpaired) electrons. The number of aromatic hydroxyl groups is 3. The van der Waals surface area contributed by atoms with Crippen LogP contribution in [0, 0.1) is 0 Å². The highest BCUT2D eigenvalue weighted by Gasteiger charge is 2.22. The molecule has 8 nitrogen and oxygen atoms in total. The summed E-state index contributed by atoms with van der Waals surface area (Å²) >= 11 is 0. The first-order chi connectivity index (χ1) is 15.4. The third kappa shape index (κ3) is 4.49. The molecule has 4 N–H and O–H groups in total. The average molecular weight is 487 g/mol. The van der Waals surface area contributed by atoms with E-state index in [1.807, 2.05) is 0 Å². The Morgan fingerprint density at radius 1 is 0.606 bits per heavy atom. The van der Waals surface area contributed by atoms with E-state index < -0.39 is 24.9 Å². The highest BCUT2D eigenvalue weighted by atomic mass is 32.2. The van der Waals surface area contributed by atoms with E-state index in [0.717, 1.165) is 0 Å². The van der Waals surface area contributed by atoms with Crippen LogP contribution in [0.1, 0.15) is 11.1 Å². The first-order valence-corrected chi connectivity index (χ1v) is 12.5. The van der Waals surface area contributed by atoms with Crippen molar-refractivity contribution in [3.63, 3.8) is 0 Å². The molecule has 10 heteroatoms. The lowest BCUT2D eigenvalue weighted by molar-refractivity contribution is 0.467. The molecule has 0 aliphatic heterocycles. The van der Waals surface area contributed by atoms with Crippen molar-refractivity contribution in [2.24, 2.45) is 0 Å². The van der Waals surface area contributed by atoms with Crippen LogP contribution in [0.3, 0.4) is 0 Å². The first-order valence-electron chi connectivity index (χ1n) is 9.54. The van der Waals surface area contributed by atoms with E-state index in [9.17, 15) is 36.7 Å². The summed E-state index contributed by atoms with van der Waals surface area (Å²) in [6.07, 6.45) is -0.217. The Kier molecular flexibility index (Phi) is 5.52. The summed E-state index contributed by atoms with van der Waals surface area (Å²) in [6.45, 7) is 0. The zero-order chi connectivity index (χ0) is 24.0. The summed E-state index contributed by atoms with van der Waals surface area (Å²) < 4.78 is 59.7. The highest BCUT2D eigenvalue weighted by molar-refractivity contribution is 7.91. The molecule has 0 amide bonds. The summed E-state index contributed by atoms with van der Waals surface area (Å²) in [5, 5.41) is 30.4. The Morgan fingerprint density at radius 3 is 1.91 bits per heavy atom. The molecule has 4 aromatic rings. The number of rotatable bonds is 5. The van der Waals surface area contributed by atoms with Gasteiger partial charge in [-0.2, -0.15) is 8.42 Å². The van der Waals surface area contributed by atoms with Crippen LogP contribution >= 0.6 is 0 Å². The molecule has 170 valence electrons. The van der Waals surface area contributed by atoms with E-state index in [1.165, 1.54) is 72.8 Å². The van der Waals surface area contributed by atoms with E-state index >= 15 is 0 Å². The van der Waals surface area contributed by atoms with Crippen molar-refractivity contribution < 1.29 is 36.7 Å². The molecule has 0 heterocycles. The van der Waals surface area contributed by atoms with Gasteiger partial charge in [0.1, 0.15) is 17.2 Å². The minimum Gasteiger partial charge on any atom is -0.508 e. The van der Waals surface area contributed by atoms with Crippen molar-refractivity contribution in [3.8, 4) is 17.2 Å². The van der Waals surface area contributed by atoms with Crippen LogP contribution in [0.15, 0.2) is 87.5 Å². The predicted octanol–water partition coefficient (Wildman–Crippen LogP) is 3.63. The number of fused-ring (bicyclic) bond motifs is 1. The molecule has 33 heavy (non-hydrogen) atoms. The van der Waals surface area contributed by atoms with Crippen LogP contribution < -0.4 is 0 Å². The second-order valence-corrected chi connectivity index (χ2v) is 10.8. The van der Waals surface area contributed by atoms with Gasteiger partial charge in [-0.15, -0.1) is 0 Å². The summed E-state index contributed by atoms with van der Waals surface area (Å²) in [7, 11) is -8.63. The van der Waals surface area contributed by atoms with Crippen molar-refractivity contribution in [2.75, 3.05) is 0 Å². The fourth-order valence-electron chi connectivity index (χ4n) is 3.53. The Balaban J connectivity index is 1.84. The van der Waals surface area contributed by atoms with Crippen molar-refractivity contribution in [2.45, 2.75) is 21.1 Å². The molecule has 0 fully saturated rings. The van der Waals surface area contributed by atoms with Crippen LogP contribution in [0.25, 0.3) is 10.8 Å². The topological polar surface area (TPSA) is 149 Å². The molecule has 0 aliphatic rings. The lowest BCUT2D eigenvalue weighted by Gasteiger charge is -2.13.